The molecular formula is C48H28N4O. The Morgan fingerprint density at radius 2 is 1.08 bits per heavy atom. The number of aromatic nitrogens is 4. The molecule has 0 bridgehead atoms. The van der Waals surface area contributed by atoms with Crippen LogP contribution in [0.1, 0.15) is 0 Å². The molecule has 0 N–H and O–H groups in total. The zero-order valence-electron chi connectivity index (χ0n) is 28.4. The van der Waals surface area contributed by atoms with Crippen LogP contribution in [0, 0.1) is 0 Å². The Balaban J connectivity index is 1.17. The van der Waals surface area contributed by atoms with Crippen molar-refractivity contribution in [2.75, 3.05) is 0 Å². The highest BCUT2D eigenvalue weighted by Gasteiger charge is 2.23. The third kappa shape index (κ3) is 4.02. The monoisotopic (exact) mass is 676 g/mol. The second kappa shape index (κ2) is 10.6. The highest BCUT2D eigenvalue weighted by atomic mass is 16.3. The largest absolute Gasteiger partial charge is 0.456 e. The minimum atomic E-state index is 0.630. The summed E-state index contributed by atoms with van der Waals surface area (Å²) in [5.41, 5.74) is 10.0. The smallest absolute Gasteiger partial charge is 0.235 e. The molecule has 0 saturated carbocycles. The van der Waals surface area contributed by atoms with Gasteiger partial charge in [-0.2, -0.15) is 0 Å². The summed E-state index contributed by atoms with van der Waals surface area (Å²) in [7, 11) is 0. The summed E-state index contributed by atoms with van der Waals surface area (Å²) in [5.74, 6) is 0.630. The van der Waals surface area contributed by atoms with Crippen molar-refractivity contribution in [3.8, 4) is 22.9 Å². The molecule has 8 aromatic carbocycles. The molecule has 0 fully saturated rings. The molecule has 4 heterocycles. The van der Waals surface area contributed by atoms with Gasteiger partial charge < -0.3 is 8.98 Å². The van der Waals surface area contributed by atoms with Crippen LogP contribution in [0.15, 0.2) is 174 Å². The van der Waals surface area contributed by atoms with Crippen LogP contribution in [0.3, 0.4) is 0 Å². The summed E-state index contributed by atoms with van der Waals surface area (Å²) < 4.78 is 11.2. The van der Waals surface area contributed by atoms with Gasteiger partial charge in [0.25, 0.3) is 0 Å². The van der Waals surface area contributed by atoms with Gasteiger partial charge in [0.05, 0.1) is 33.3 Å². The molecule has 0 amide bonds. The Morgan fingerprint density at radius 1 is 0.415 bits per heavy atom. The van der Waals surface area contributed by atoms with Gasteiger partial charge in [0.15, 0.2) is 0 Å². The molecule has 246 valence electrons. The van der Waals surface area contributed by atoms with E-state index in [4.69, 9.17) is 14.4 Å². The van der Waals surface area contributed by atoms with Crippen LogP contribution in [0.25, 0.3) is 110 Å². The molecule has 0 radical (unpaired) electrons. The Bertz CT molecular complexity index is 3460. The highest BCUT2D eigenvalue weighted by Crippen LogP contribution is 2.42. The molecular weight excluding hydrogens is 649 g/mol. The molecule has 0 saturated heterocycles. The molecule has 12 aromatic rings. The fourth-order valence-corrected chi connectivity index (χ4v) is 8.57. The summed E-state index contributed by atoms with van der Waals surface area (Å²) in [5, 5.41) is 10.2. The summed E-state index contributed by atoms with van der Waals surface area (Å²) in [6, 6.07) is 60.0. The van der Waals surface area contributed by atoms with Crippen molar-refractivity contribution in [1.82, 2.24) is 19.1 Å². The van der Waals surface area contributed by atoms with Crippen LogP contribution in [0.4, 0.5) is 0 Å². The number of benzene rings is 8. The maximum Gasteiger partial charge on any atom is 0.235 e. The number of rotatable bonds is 3. The second-order valence-corrected chi connectivity index (χ2v) is 13.8. The first-order valence-electron chi connectivity index (χ1n) is 17.9. The first-order valence-corrected chi connectivity index (χ1v) is 17.9. The minimum Gasteiger partial charge on any atom is -0.456 e. The van der Waals surface area contributed by atoms with E-state index >= 15 is 0 Å². The quantitative estimate of drug-likeness (QED) is 0.187. The van der Waals surface area contributed by atoms with E-state index in [1.807, 2.05) is 6.07 Å². The maximum absolute atomic E-state index is 6.53. The molecule has 0 spiro atoms. The molecule has 53 heavy (non-hydrogen) atoms. The fourth-order valence-electron chi connectivity index (χ4n) is 8.57. The molecule has 0 aliphatic carbocycles. The van der Waals surface area contributed by atoms with Crippen LogP contribution in [-0.4, -0.2) is 19.1 Å². The zero-order valence-corrected chi connectivity index (χ0v) is 28.4. The predicted molar refractivity (Wildman–Crippen MR) is 218 cm³/mol. The molecule has 12 rings (SSSR count). The van der Waals surface area contributed by atoms with E-state index in [0.29, 0.717) is 5.95 Å². The average molecular weight is 677 g/mol. The van der Waals surface area contributed by atoms with Gasteiger partial charge in [0.2, 0.25) is 5.95 Å². The van der Waals surface area contributed by atoms with Crippen molar-refractivity contribution in [2.24, 2.45) is 0 Å². The van der Waals surface area contributed by atoms with Gasteiger partial charge in [0, 0.05) is 49.0 Å². The Labute approximate surface area is 302 Å². The molecule has 4 aromatic heterocycles. The van der Waals surface area contributed by atoms with E-state index in [-0.39, 0.29) is 0 Å². The van der Waals surface area contributed by atoms with E-state index in [2.05, 4.69) is 173 Å². The fraction of sp³-hybridized carbons (Fsp3) is 0. The van der Waals surface area contributed by atoms with Gasteiger partial charge in [-0.25, -0.2) is 9.97 Å². The maximum atomic E-state index is 6.53. The summed E-state index contributed by atoms with van der Waals surface area (Å²) in [4.78, 5) is 10.8. The second-order valence-electron chi connectivity index (χ2n) is 13.8. The zero-order chi connectivity index (χ0) is 34.6. The molecule has 0 aliphatic rings. The summed E-state index contributed by atoms with van der Waals surface area (Å²) >= 11 is 0. The third-order valence-electron chi connectivity index (χ3n) is 10.9. The van der Waals surface area contributed by atoms with Crippen LogP contribution in [0.5, 0.6) is 0 Å². The standard InChI is InChI=1S/C48H28N4O/c1-2-14-32(15-3-1)51-41-21-11-8-18-37(41)45-42(51)25-24-35-33-16-7-10-20-40(33)52(47(35)45)48-49-39-19-9-6-17-36(39)46(50-48)31-22-23-34-38-26-29-12-4-5-13-30(29)27-44(38)53-43(34)28-31/h1-28H. The van der Waals surface area contributed by atoms with E-state index < -0.39 is 0 Å². The van der Waals surface area contributed by atoms with Crippen LogP contribution in [-0.2, 0) is 0 Å². The van der Waals surface area contributed by atoms with Gasteiger partial charge in [-0.15, -0.1) is 0 Å². The van der Waals surface area contributed by atoms with Crippen molar-refractivity contribution in [2.45, 2.75) is 0 Å². The van der Waals surface area contributed by atoms with Gasteiger partial charge in [0.1, 0.15) is 11.2 Å². The van der Waals surface area contributed by atoms with Crippen molar-refractivity contribution in [3.63, 3.8) is 0 Å². The van der Waals surface area contributed by atoms with E-state index in [9.17, 15) is 0 Å². The highest BCUT2D eigenvalue weighted by molar-refractivity contribution is 6.26. The van der Waals surface area contributed by atoms with Crippen LogP contribution in [0.2, 0.25) is 0 Å². The third-order valence-corrected chi connectivity index (χ3v) is 10.9. The Hall–Kier alpha value is -7.24. The van der Waals surface area contributed by atoms with Crippen LogP contribution >= 0.6 is 0 Å². The first kappa shape index (κ1) is 28.5. The number of para-hydroxylation sites is 4. The average Bonchev–Trinajstić information content (AvgIpc) is 3.86. The summed E-state index contributed by atoms with van der Waals surface area (Å²) in [6.07, 6.45) is 0. The van der Waals surface area contributed by atoms with Crippen LogP contribution < -0.4 is 0 Å². The number of hydrogen-bond donors (Lipinski definition) is 0. The topological polar surface area (TPSA) is 48.8 Å². The first-order chi connectivity index (χ1) is 26.3. The SMILES string of the molecule is c1ccc(-n2c3ccccc3c3c2ccc2c4ccccc4n(-c4nc(-c5ccc6c(c5)oc5cc7ccccc7cc56)c5ccccc5n4)c23)cc1. The minimum absolute atomic E-state index is 0.630. The lowest BCUT2D eigenvalue weighted by molar-refractivity contribution is 0.669. The Kier molecular flexibility index (Phi) is 5.71. The van der Waals surface area contributed by atoms with E-state index in [1.165, 1.54) is 21.5 Å². The Morgan fingerprint density at radius 3 is 1.92 bits per heavy atom. The lowest BCUT2D eigenvalue weighted by atomic mass is 10.0. The number of nitrogens with zero attached hydrogens (tertiary/aromatic N) is 4. The molecule has 5 heteroatoms. The normalized spacial score (nSPS) is 12.2. The lowest BCUT2D eigenvalue weighted by Crippen LogP contribution is -2.03. The lowest BCUT2D eigenvalue weighted by Gasteiger charge is -2.12. The molecule has 0 atom stereocenters. The van der Waals surface area contributed by atoms with E-state index in [1.54, 1.807) is 0 Å². The van der Waals surface area contributed by atoms with Gasteiger partial charge >= 0.3 is 0 Å². The number of hydrogen-bond acceptors (Lipinski definition) is 3. The van der Waals surface area contributed by atoms with E-state index in [0.717, 1.165) is 82.6 Å². The van der Waals surface area contributed by atoms with Gasteiger partial charge in [-0.3, -0.25) is 4.57 Å². The van der Waals surface area contributed by atoms with Gasteiger partial charge in [-0.05, 0) is 71.4 Å². The molecule has 0 aliphatic heterocycles. The molecule has 5 nitrogen and oxygen atoms in total. The van der Waals surface area contributed by atoms with Gasteiger partial charge in [-0.1, -0.05) is 109 Å². The van der Waals surface area contributed by atoms with Crippen molar-refractivity contribution < 1.29 is 4.42 Å². The van der Waals surface area contributed by atoms with Crippen molar-refractivity contribution >= 4 is 87.2 Å². The predicted octanol–water partition coefficient (Wildman–Crippen LogP) is 12.5. The van der Waals surface area contributed by atoms with Crippen molar-refractivity contribution in [3.05, 3.63) is 170 Å². The molecule has 0 unspecified atom stereocenters. The number of fused-ring (bicyclic) bond motifs is 12. The number of furan rings is 1. The van der Waals surface area contributed by atoms with Crippen molar-refractivity contribution in [1.29, 1.82) is 0 Å². The summed E-state index contributed by atoms with van der Waals surface area (Å²) in [6.45, 7) is 0.